The monoisotopic (exact) mass is 297 g/mol. The Morgan fingerprint density at radius 3 is 2.50 bits per heavy atom. The average molecular weight is 297 g/mol. The lowest BCUT2D eigenvalue weighted by Crippen LogP contribution is -2.44. The van der Waals surface area contributed by atoms with Gasteiger partial charge in [-0.25, -0.2) is 0 Å². The fourth-order valence-corrected chi connectivity index (χ4v) is 2.67. The molecule has 1 aliphatic rings. The van der Waals surface area contributed by atoms with Gasteiger partial charge in [0.15, 0.2) is 6.10 Å². The van der Waals surface area contributed by atoms with Crippen LogP contribution in [-0.2, 0) is 17.6 Å². The zero-order chi connectivity index (χ0) is 15.7. The summed E-state index contributed by atoms with van der Waals surface area (Å²) in [5.41, 5.74) is 3.01. The third-order valence-electron chi connectivity index (χ3n) is 4.03. The van der Waals surface area contributed by atoms with Crippen LogP contribution in [0.25, 0.3) is 0 Å². The van der Waals surface area contributed by atoms with Crippen LogP contribution in [0.2, 0.25) is 0 Å². The van der Waals surface area contributed by atoms with Crippen molar-refractivity contribution < 1.29 is 14.6 Å². The van der Waals surface area contributed by atoms with E-state index in [0.29, 0.717) is 17.9 Å². The number of fused-ring (bicyclic) bond motifs is 1. The number of nitrogens with zero attached hydrogens (tertiary/aromatic N) is 1. The highest BCUT2D eigenvalue weighted by Gasteiger charge is 2.32. The van der Waals surface area contributed by atoms with Gasteiger partial charge in [-0.05, 0) is 29.7 Å². The third-order valence-corrected chi connectivity index (χ3v) is 4.03. The van der Waals surface area contributed by atoms with E-state index in [9.17, 15) is 9.90 Å². The quantitative estimate of drug-likeness (QED) is 0.947. The normalized spacial score (nSPS) is 17.1. The summed E-state index contributed by atoms with van der Waals surface area (Å²) in [6.07, 6.45) is 0.948. The molecule has 2 aromatic carbocycles. The summed E-state index contributed by atoms with van der Waals surface area (Å²) in [7, 11) is 1.73. The van der Waals surface area contributed by atoms with Gasteiger partial charge in [0.05, 0.1) is 5.69 Å². The van der Waals surface area contributed by atoms with Gasteiger partial charge < -0.3 is 14.7 Å². The van der Waals surface area contributed by atoms with Crippen molar-refractivity contribution in [3.8, 4) is 11.5 Å². The molecule has 0 aromatic heterocycles. The van der Waals surface area contributed by atoms with Gasteiger partial charge in [-0.2, -0.15) is 0 Å². The van der Waals surface area contributed by atoms with Crippen molar-refractivity contribution in [1.29, 1.82) is 0 Å². The molecule has 1 N–H and O–H groups in total. The van der Waals surface area contributed by atoms with Crippen LogP contribution in [0, 0.1) is 0 Å². The molecule has 0 radical (unpaired) electrons. The highest BCUT2D eigenvalue weighted by molar-refractivity contribution is 5.99. The van der Waals surface area contributed by atoms with Gasteiger partial charge in [0.25, 0.3) is 5.91 Å². The molecular formula is C18H19NO3. The maximum absolute atomic E-state index is 12.4. The number of aryl methyl sites for hydroxylation is 1. The average Bonchev–Trinajstić information content (AvgIpc) is 2.53. The van der Waals surface area contributed by atoms with E-state index in [2.05, 4.69) is 19.1 Å². The number of carbonyl (C=O) groups excluding carboxylic acids is 1. The standard InChI is InChI=1S/C18H19NO3/c1-3-12-4-6-13(7-5-12)10-17-18(21)19(2)15-9-8-14(20)11-16(15)22-17/h4-9,11,17,20H,3,10H2,1-2H3. The zero-order valence-corrected chi connectivity index (χ0v) is 12.7. The molecule has 22 heavy (non-hydrogen) atoms. The van der Waals surface area contributed by atoms with Crippen LogP contribution >= 0.6 is 0 Å². The SMILES string of the molecule is CCc1ccc(CC2Oc3cc(O)ccc3N(C)C2=O)cc1. The van der Waals surface area contributed by atoms with Gasteiger partial charge in [0.1, 0.15) is 11.5 Å². The van der Waals surface area contributed by atoms with Crippen molar-refractivity contribution >= 4 is 11.6 Å². The minimum atomic E-state index is -0.563. The number of amides is 1. The van der Waals surface area contributed by atoms with Gasteiger partial charge in [0.2, 0.25) is 0 Å². The molecule has 1 unspecified atom stereocenters. The van der Waals surface area contributed by atoms with Gasteiger partial charge >= 0.3 is 0 Å². The van der Waals surface area contributed by atoms with Crippen LogP contribution in [0.15, 0.2) is 42.5 Å². The predicted octanol–water partition coefficient (Wildman–Crippen LogP) is 2.92. The number of phenolic OH excluding ortho intramolecular Hbond substituents is 1. The van der Waals surface area contributed by atoms with Crippen LogP contribution in [0.1, 0.15) is 18.1 Å². The van der Waals surface area contributed by atoms with Gasteiger partial charge in [-0.15, -0.1) is 0 Å². The molecule has 0 saturated heterocycles. The molecule has 0 fully saturated rings. The summed E-state index contributed by atoms with van der Waals surface area (Å²) >= 11 is 0. The molecule has 4 nitrogen and oxygen atoms in total. The number of phenols is 1. The van der Waals surface area contributed by atoms with Crippen LogP contribution in [0.5, 0.6) is 11.5 Å². The minimum absolute atomic E-state index is 0.0715. The van der Waals surface area contributed by atoms with E-state index in [1.54, 1.807) is 30.1 Å². The lowest BCUT2D eigenvalue weighted by Gasteiger charge is -2.32. The lowest BCUT2D eigenvalue weighted by molar-refractivity contribution is -0.125. The fourth-order valence-electron chi connectivity index (χ4n) is 2.67. The fraction of sp³-hybridized carbons (Fsp3) is 0.278. The topological polar surface area (TPSA) is 49.8 Å². The Morgan fingerprint density at radius 1 is 1.14 bits per heavy atom. The number of likely N-dealkylation sites (N-methyl/N-ethyl adjacent to an activating group) is 1. The summed E-state index contributed by atoms with van der Waals surface area (Å²) in [5, 5.41) is 9.59. The molecule has 0 spiro atoms. The predicted molar refractivity (Wildman–Crippen MR) is 85.5 cm³/mol. The Morgan fingerprint density at radius 2 is 1.82 bits per heavy atom. The van der Waals surface area contributed by atoms with Crippen LogP contribution in [0.4, 0.5) is 5.69 Å². The highest BCUT2D eigenvalue weighted by Crippen LogP contribution is 2.36. The summed E-state index contributed by atoms with van der Waals surface area (Å²) in [4.78, 5) is 14.0. The molecule has 1 heterocycles. The van der Waals surface area contributed by atoms with Crippen molar-refractivity contribution in [3.63, 3.8) is 0 Å². The van der Waals surface area contributed by atoms with Crippen LogP contribution < -0.4 is 9.64 Å². The van der Waals surface area contributed by atoms with Crippen LogP contribution in [0.3, 0.4) is 0 Å². The summed E-state index contributed by atoms with van der Waals surface area (Å²) < 4.78 is 5.80. The van der Waals surface area contributed by atoms with E-state index >= 15 is 0 Å². The van der Waals surface area contributed by atoms with Crippen molar-refractivity contribution in [1.82, 2.24) is 0 Å². The summed E-state index contributed by atoms with van der Waals surface area (Å²) in [6.45, 7) is 2.11. The van der Waals surface area contributed by atoms with E-state index < -0.39 is 6.10 Å². The largest absolute Gasteiger partial charge is 0.508 e. The Balaban J connectivity index is 1.83. The number of hydrogen-bond acceptors (Lipinski definition) is 3. The first-order valence-electron chi connectivity index (χ1n) is 7.43. The number of ether oxygens (including phenoxy) is 1. The number of anilines is 1. The molecule has 114 valence electrons. The van der Waals surface area contributed by atoms with Crippen molar-refractivity contribution in [2.75, 3.05) is 11.9 Å². The summed E-state index contributed by atoms with van der Waals surface area (Å²) in [6, 6.07) is 13.0. The molecule has 4 heteroatoms. The number of aromatic hydroxyl groups is 1. The molecule has 0 saturated carbocycles. The number of carbonyl (C=O) groups is 1. The molecule has 2 aromatic rings. The number of rotatable bonds is 3. The first-order valence-corrected chi connectivity index (χ1v) is 7.43. The Kier molecular flexibility index (Phi) is 3.75. The van der Waals surface area contributed by atoms with E-state index in [0.717, 1.165) is 12.0 Å². The van der Waals surface area contributed by atoms with E-state index in [-0.39, 0.29) is 11.7 Å². The smallest absolute Gasteiger partial charge is 0.268 e. The Hall–Kier alpha value is -2.49. The molecule has 1 amide bonds. The molecule has 0 bridgehead atoms. The minimum Gasteiger partial charge on any atom is -0.508 e. The molecule has 1 atom stereocenters. The first kappa shape index (κ1) is 14.4. The summed E-state index contributed by atoms with van der Waals surface area (Å²) in [5.74, 6) is 0.600. The number of benzene rings is 2. The second-order valence-corrected chi connectivity index (χ2v) is 5.53. The second-order valence-electron chi connectivity index (χ2n) is 5.53. The van der Waals surface area contributed by atoms with Crippen molar-refractivity contribution in [2.45, 2.75) is 25.9 Å². The van der Waals surface area contributed by atoms with Crippen molar-refractivity contribution in [3.05, 3.63) is 53.6 Å². The van der Waals surface area contributed by atoms with E-state index in [1.165, 1.54) is 5.56 Å². The molecular weight excluding hydrogens is 278 g/mol. The van der Waals surface area contributed by atoms with Crippen LogP contribution in [-0.4, -0.2) is 24.2 Å². The maximum Gasteiger partial charge on any atom is 0.268 e. The van der Waals surface area contributed by atoms with Crippen molar-refractivity contribution in [2.24, 2.45) is 0 Å². The maximum atomic E-state index is 12.4. The highest BCUT2D eigenvalue weighted by atomic mass is 16.5. The van der Waals surface area contributed by atoms with E-state index in [4.69, 9.17) is 4.74 Å². The first-order chi connectivity index (χ1) is 10.6. The second kappa shape index (κ2) is 5.72. The van der Waals surface area contributed by atoms with Gasteiger partial charge in [0, 0.05) is 19.5 Å². The molecule has 0 aliphatic carbocycles. The van der Waals surface area contributed by atoms with Gasteiger partial charge in [-0.1, -0.05) is 31.2 Å². The molecule has 1 aliphatic heterocycles. The van der Waals surface area contributed by atoms with Gasteiger partial charge in [-0.3, -0.25) is 4.79 Å². The lowest BCUT2D eigenvalue weighted by atomic mass is 10.0. The molecule has 3 rings (SSSR count). The van der Waals surface area contributed by atoms with E-state index in [1.807, 2.05) is 12.1 Å². The zero-order valence-electron chi connectivity index (χ0n) is 12.7. The Labute approximate surface area is 130 Å². The third kappa shape index (κ3) is 2.64. The Bertz CT molecular complexity index is 694. The number of hydrogen-bond donors (Lipinski definition) is 1.